The van der Waals surface area contributed by atoms with E-state index < -0.39 is 21.4 Å². The molecule has 0 aromatic heterocycles. The molecule has 0 atom stereocenters. The van der Waals surface area contributed by atoms with Crippen molar-refractivity contribution >= 4 is 15.5 Å². The fourth-order valence-electron chi connectivity index (χ4n) is 2.04. The molecule has 2 N–H and O–H groups in total. The Morgan fingerprint density at radius 1 is 1.15 bits per heavy atom. The summed E-state index contributed by atoms with van der Waals surface area (Å²) in [5.74, 6) is -1.03. The third-order valence-corrected chi connectivity index (χ3v) is 4.95. The van der Waals surface area contributed by atoms with Crippen LogP contribution in [0.5, 0.6) is 0 Å². The smallest absolute Gasteiger partial charge is 0.182 e. The minimum Gasteiger partial charge on any atom is -0.398 e. The molecule has 0 aliphatic carbocycles. The van der Waals surface area contributed by atoms with Gasteiger partial charge in [0.25, 0.3) is 0 Å². The average Bonchev–Trinajstić information content (AvgIpc) is 2.37. The van der Waals surface area contributed by atoms with Gasteiger partial charge in [-0.25, -0.2) is 12.8 Å². The van der Waals surface area contributed by atoms with Gasteiger partial charge in [0.1, 0.15) is 5.82 Å². The van der Waals surface area contributed by atoms with E-state index in [4.69, 9.17) is 5.73 Å². The number of aryl methyl sites for hydroxylation is 2. The van der Waals surface area contributed by atoms with Crippen LogP contribution < -0.4 is 5.73 Å². The molecule has 2 aromatic rings. The molecule has 0 heterocycles. The zero-order valence-electron chi connectivity index (χ0n) is 11.4. The topological polar surface area (TPSA) is 60.2 Å². The lowest BCUT2D eigenvalue weighted by atomic mass is 10.2. The molecule has 0 bridgehead atoms. The van der Waals surface area contributed by atoms with Crippen LogP contribution in [0.2, 0.25) is 0 Å². The lowest BCUT2D eigenvalue weighted by molar-refractivity contribution is 0.587. The van der Waals surface area contributed by atoms with E-state index >= 15 is 0 Å². The van der Waals surface area contributed by atoms with Crippen LogP contribution in [-0.4, -0.2) is 8.42 Å². The summed E-state index contributed by atoms with van der Waals surface area (Å²) in [6.07, 6.45) is 0. The number of nitrogen functional groups attached to an aromatic ring is 1. The highest BCUT2D eigenvalue weighted by atomic mass is 32.2. The maximum atomic E-state index is 13.7. The van der Waals surface area contributed by atoms with Crippen LogP contribution in [0.1, 0.15) is 16.7 Å². The summed E-state index contributed by atoms with van der Waals surface area (Å²) in [4.78, 5) is 0.222. The summed E-state index contributed by atoms with van der Waals surface area (Å²) in [6, 6.07) is 9.35. The van der Waals surface area contributed by atoms with Crippen LogP contribution in [0, 0.1) is 19.7 Å². The van der Waals surface area contributed by atoms with Crippen molar-refractivity contribution in [1.82, 2.24) is 0 Å². The van der Waals surface area contributed by atoms with Crippen molar-refractivity contribution in [2.24, 2.45) is 0 Å². The molecule has 0 amide bonds. The maximum absolute atomic E-state index is 13.7. The number of benzene rings is 2. The summed E-state index contributed by atoms with van der Waals surface area (Å²) in [5.41, 5.74) is 7.33. The summed E-state index contributed by atoms with van der Waals surface area (Å²) in [5, 5.41) is 0. The molecule has 0 unspecified atom stereocenters. The van der Waals surface area contributed by atoms with Crippen molar-refractivity contribution in [2.75, 3.05) is 5.73 Å². The molecule has 3 nitrogen and oxygen atoms in total. The number of hydrogen-bond donors (Lipinski definition) is 1. The Morgan fingerprint density at radius 3 is 2.50 bits per heavy atom. The molecular weight excluding hydrogens is 277 g/mol. The monoisotopic (exact) mass is 293 g/mol. The molecule has 2 rings (SSSR count). The molecular formula is C15H16FNO2S. The van der Waals surface area contributed by atoms with E-state index in [9.17, 15) is 12.8 Å². The lowest BCUT2D eigenvalue weighted by Crippen LogP contribution is -2.10. The second kappa shape index (κ2) is 5.25. The van der Waals surface area contributed by atoms with Gasteiger partial charge in [0.15, 0.2) is 9.84 Å². The number of nitrogens with two attached hydrogens (primary N) is 1. The van der Waals surface area contributed by atoms with E-state index in [0.29, 0.717) is 5.56 Å². The van der Waals surface area contributed by atoms with Gasteiger partial charge in [-0.2, -0.15) is 0 Å². The fraction of sp³-hybridized carbons (Fsp3) is 0.200. The van der Waals surface area contributed by atoms with Gasteiger partial charge in [0.05, 0.1) is 10.6 Å². The van der Waals surface area contributed by atoms with Crippen molar-refractivity contribution in [1.29, 1.82) is 0 Å². The molecule has 0 radical (unpaired) electrons. The molecule has 20 heavy (non-hydrogen) atoms. The summed E-state index contributed by atoms with van der Waals surface area (Å²) in [6.45, 7) is 3.53. The van der Waals surface area contributed by atoms with Crippen molar-refractivity contribution in [3.8, 4) is 0 Å². The molecule has 0 aliphatic heterocycles. The van der Waals surface area contributed by atoms with Gasteiger partial charge in [-0.1, -0.05) is 18.2 Å². The molecule has 0 spiro atoms. The zero-order chi connectivity index (χ0) is 14.9. The highest BCUT2D eigenvalue weighted by molar-refractivity contribution is 7.90. The lowest BCUT2D eigenvalue weighted by Gasteiger charge is -2.11. The van der Waals surface area contributed by atoms with Crippen molar-refractivity contribution in [3.63, 3.8) is 0 Å². The second-order valence-corrected chi connectivity index (χ2v) is 6.79. The Kier molecular flexibility index (Phi) is 3.81. The van der Waals surface area contributed by atoms with Gasteiger partial charge in [-0.3, -0.25) is 0 Å². The molecule has 2 aromatic carbocycles. The Bertz CT molecular complexity index is 734. The van der Waals surface area contributed by atoms with Crippen LogP contribution in [-0.2, 0) is 15.6 Å². The van der Waals surface area contributed by atoms with E-state index in [1.54, 1.807) is 19.1 Å². The van der Waals surface area contributed by atoms with Crippen LogP contribution in [0.25, 0.3) is 0 Å². The van der Waals surface area contributed by atoms with Gasteiger partial charge in [-0.05, 0) is 43.2 Å². The van der Waals surface area contributed by atoms with Gasteiger partial charge >= 0.3 is 0 Å². The average molecular weight is 293 g/mol. The first-order chi connectivity index (χ1) is 9.31. The number of anilines is 1. The van der Waals surface area contributed by atoms with Crippen LogP contribution in [0.3, 0.4) is 0 Å². The van der Waals surface area contributed by atoms with Gasteiger partial charge in [0, 0.05) is 11.3 Å². The molecule has 0 aliphatic rings. The molecule has 0 fully saturated rings. The number of hydrogen-bond acceptors (Lipinski definition) is 3. The Labute approximate surface area is 118 Å². The Morgan fingerprint density at radius 2 is 1.85 bits per heavy atom. The van der Waals surface area contributed by atoms with Crippen molar-refractivity contribution in [3.05, 3.63) is 58.9 Å². The third kappa shape index (κ3) is 2.82. The predicted molar refractivity (Wildman–Crippen MR) is 77.6 cm³/mol. The van der Waals surface area contributed by atoms with Crippen LogP contribution in [0.15, 0.2) is 41.3 Å². The van der Waals surface area contributed by atoms with Crippen molar-refractivity contribution < 1.29 is 12.8 Å². The Hall–Kier alpha value is -1.88. The van der Waals surface area contributed by atoms with Gasteiger partial charge < -0.3 is 5.73 Å². The molecule has 106 valence electrons. The van der Waals surface area contributed by atoms with Crippen LogP contribution >= 0.6 is 0 Å². The number of halogens is 1. The molecule has 5 heteroatoms. The van der Waals surface area contributed by atoms with E-state index in [2.05, 4.69) is 0 Å². The fourth-order valence-corrected chi connectivity index (χ4v) is 3.80. The summed E-state index contributed by atoms with van der Waals surface area (Å²) in [7, 11) is -3.63. The maximum Gasteiger partial charge on any atom is 0.182 e. The zero-order valence-corrected chi connectivity index (χ0v) is 12.2. The standard InChI is InChI=1S/C15H16FNO2S/c1-10-6-7-11(2)15(8-10)20(18,19)9-12-13(16)4-3-5-14(12)17/h3-8H,9,17H2,1-2H3. The molecule has 0 saturated carbocycles. The third-order valence-electron chi connectivity index (χ3n) is 3.17. The van der Waals surface area contributed by atoms with E-state index in [-0.39, 0.29) is 16.1 Å². The second-order valence-electron chi connectivity index (χ2n) is 4.84. The first kappa shape index (κ1) is 14.5. The van der Waals surface area contributed by atoms with Crippen molar-refractivity contribution in [2.45, 2.75) is 24.5 Å². The first-order valence-corrected chi connectivity index (χ1v) is 7.79. The van der Waals surface area contributed by atoms with E-state index in [1.165, 1.54) is 18.2 Å². The number of sulfone groups is 1. The quantitative estimate of drug-likeness (QED) is 0.885. The van der Waals surface area contributed by atoms with E-state index in [1.807, 2.05) is 13.0 Å². The Balaban J connectivity index is 2.49. The van der Waals surface area contributed by atoms with Gasteiger partial charge in [-0.15, -0.1) is 0 Å². The van der Waals surface area contributed by atoms with Crippen LogP contribution in [0.4, 0.5) is 10.1 Å². The first-order valence-electron chi connectivity index (χ1n) is 6.14. The summed E-state index contributed by atoms with van der Waals surface area (Å²) < 4.78 is 38.6. The molecule has 0 saturated heterocycles. The SMILES string of the molecule is Cc1ccc(C)c(S(=O)(=O)Cc2c(N)cccc2F)c1. The highest BCUT2D eigenvalue weighted by Gasteiger charge is 2.21. The van der Waals surface area contributed by atoms with Gasteiger partial charge in [0.2, 0.25) is 0 Å². The minimum atomic E-state index is -3.63. The highest BCUT2D eigenvalue weighted by Crippen LogP contribution is 2.25. The normalized spacial score (nSPS) is 11.6. The van der Waals surface area contributed by atoms with E-state index in [0.717, 1.165) is 5.56 Å². The number of rotatable bonds is 3. The summed E-state index contributed by atoms with van der Waals surface area (Å²) >= 11 is 0. The minimum absolute atomic E-state index is 0.0217. The predicted octanol–water partition coefficient (Wildman–Crippen LogP) is 3.00. The largest absolute Gasteiger partial charge is 0.398 e.